The minimum atomic E-state index is -0.0177. The molecule has 2 bridgehead atoms. The number of amides is 2. The third-order valence-electron chi connectivity index (χ3n) is 5.12. The van der Waals surface area contributed by atoms with Crippen LogP contribution in [0.4, 0.5) is 10.5 Å². The Balaban J connectivity index is 1.53. The first-order chi connectivity index (χ1) is 12.3. The summed E-state index contributed by atoms with van der Waals surface area (Å²) < 4.78 is 7.36. The fourth-order valence-corrected chi connectivity index (χ4v) is 3.92. The van der Waals surface area contributed by atoms with E-state index < -0.39 is 0 Å². The largest absolute Gasteiger partial charge is 0.384 e. The molecule has 2 aliphatic rings. The van der Waals surface area contributed by atoms with Crippen molar-refractivity contribution in [3.8, 4) is 0 Å². The Kier molecular flexibility index (Phi) is 4.40. The molecule has 0 radical (unpaired) electrons. The van der Waals surface area contributed by atoms with E-state index in [1.807, 2.05) is 35.2 Å². The van der Waals surface area contributed by atoms with E-state index in [9.17, 15) is 4.79 Å². The maximum absolute atomic E-state index is 12.9. The number of ether oxygens (including phenoxy) is 1. The Labute approximate surface area is 147 Å². The molecule has 1 aromatic heterocycles. The van der Waals surface area contributed by atoms with Crippen molar-refractivity contribution in [2.75, 3.05) is 19.0 Å². The van der Waals surface area contributed by atoms with Gasteiger partial charge >= 0.3 is 6.03 Å². The second-order valence-corrected chi connectivity index (χ2v) is 6.68. The van der Waals surface area contributed by atoms with Crippen molar-refractivity contribution in [1.29, 1.82) is 0 Å². The number of fused-ring (bicyclic) bond motifs is 3. The molecule has 2 atom stereocenters. The summed E-state index contributed by atoms with van der Waals surface area (Å²) in [6.07, 6.45) is 3.55. The Bertz CT molecular complexity index is 745. The minimum absolute atomic E-state index is 0.0177. The molecule has 1 saturated heterocycles. The lowest BCUT2D eigenvalue weighted by atomic mass is 10.1. The van der Waals surface area contributed by atoms with E-state index in [1.54, 1.807) is 7.11 Å². The number of benzene rings is 1. The zero-order valence-electron chi connectivity index (χ0n) is 14.4. The zero-order valence-corrected chi connectivity index (χ0v) is 14.4. The number of carbonyl (C=O) groups is 1. The molecular formula is C18H23N5O2. The van der Waals surface area contributed by atoms with E-state index in [2.05, 4.69) is 20.1 Å². The van der Waals surface area contributed by atoms with E-state index in [0.717, 1.165) is 49.6 Å². The number of hydrogen-bond acceptors (Lipinski definition) is 4. The van der Waals surface area contributed by atoms with Crippen molar-refractivity contribution in [2.45, 2.75) is 44.3 Å². The maximum atomic E-state index is 12.9. The molecule has 1 aromatic carbocycles. The lowest BCUT2D eigenvalue weighted by Gasteiger charge is -2.28. The number of anilines is 1. The van der Waals surface area contributed by atoms with Gasteiger partial charge in [0.15, 0.2) is 0 Å². The van der Waals surface area contributed by atoms with Gasteiger partial charge in [-0.2, -0.15) is 0 Å². The third-order valence-corrected chi connectivity index (χ3v) is 5.12. The number of hydrogen-bond donors (Lipinski definition) is 1. The highest BCUT2D eigenvalue weighted by Gasteiger charge is 2.41. The van der Waals surface area contributed by atoms with Crippen molar-refractivity contribution >= 4 is 11.7 Å². The van der Waals surface area contributed by atoms with Crippen LogP contribution in [0.1, 0.15) is 24.5 Å². The molecule has 1 fully saturated rings. The molecule has 0 saturated carbocycles. The highest BCUT2D eigenvalue weighted by Crippen LogP contribution is 2.32. The lowest BCUT2D eigenvalue weighted by molar-refractivity contribution is 0.183. The van der Waals surface area contributed by atoms with Crippen molar-refractivity contribution in [2.24, 2.45) is 0 Å². The van der Waals surface area contributed by atoms with Gasteiger partial charge in [-0.05, 0) is 25.0 Å². The van der Waals surface area contributed by atoms with Crippen molar-refractivity contribution in [3.05, 3.63) is 42.0 Å². The number of nitrogens with zero attached hydrogens (tertiary/aromatic N) is 4. The van der Waals surface area contributed by atoms with Gasteiger partial charge in [-0.25, -0.2) is 4.79 Å². The molecule has 7 heteroatoms. The van der Waals surface area contributed by atoms with Gasteiger partial charge in [0.05, 0.1) is 12.6 Å². The van der Waals surface area contributed by atoms with Gasteiger partial charge in [0, 0.05) is 38.2 Å². The molecule has 1 N–H and O–H groups in total. The normalized spacial score (nSPS) is 21.7. The quantitative estimate of drug-likeness (QED) is 0.924. The Morgan fingerprint density at radius 1 is 1.24 bits per heavy atom. The Morgan fingerprint density at radius 3 is 2.84 bits per heavy atom. The monoisotopic (exact) mass is 341 g/mol. The van der Waals surface area contributed by atoms with Gasteiger partial charge in [-0.1, -0.05) is 18.2 Å². The highest BCUT2D eigenvalue weighted by molar-refractivity contribution is 5.90. The van der Waals surface area contributed by atoms with Crippen molar-refractivity contribution in [1.82, 2.24) is 19.7 Å². The van der Waals surface area contributed by atoms with Gasteiger partial charge in [-0.15, -0.1) is 10.2 Å². The van der Waals surface area contributed by atoms with Crippen LogP contribution < -0.4 is 5.32 Å². The fraction of sp³-hybridized carbons (Fsp3) is 0.500. The summed E-state index contributed by atoms with van der Waals surface area (Å²) in [5.41, 5.74) is 0.830. The maximum Gasteiger partial charge on any atom is 0.322 e. The molecule has 132 valence electrons. The number of rotatable bonds is 4. The molecule has 2 amide bonds. The van der Waals surface area contributed by atoms with Crippen LogP contribution >= 0.6 is 0 Å². The number of nitrogens with one attached hydrogen (secondary N) is 1. The molecule has 0 aliphatic carbocycles. The molecule has 7 nitrogen and oxygen atoms in total. The van der Waals surface area contributed by atoms with Crippen LogP contribution in [-0.2, 0) is 24.1 Å². The van der Waals surface area contributed by atoms with Crippen LogP contribution in [0, 0.1) is 0 Å². The summed E-state index contributed by atoms with van der Waals surface area (Å²) in [5.74, 6) is 1.93. The van der Waals surface area contributed by atoms with E-state index in [-0.39, 0.29) is 18.1 Å². The Morgan fingerprint density at radius 2 is 2.04 bits per heavy atom. The number of aromatic nitrogens is 3. The van der Waals surface area contributed by atoms with Crippen molar-refractivity contribution in [3.63, 3.8) is 0 Å². The molecule has 4 rings (SSSR count). The fourth-order valence-electron chi connectivity index (χ4n) is 3.92. The van der Waals surface area contributed by atoms with Gasteiger partial charge in [0.2, 0.25) is 0 Å². The van der Waals surface area contributed by atoms with E-state index >= 15 is 0 Å². The summed E-state index contributed by atoms with van der Waals surface area (Å²) in [6.45, 7) is 1.39. The topological polar surface area (TPSA) is 72.3 Å². The summed E-state index contributed by atoms with van der Waals surface area (Å²) in [5, 5.41) is 11.7. The molecule has 3 heterocycles. The smallest absolute Gasteiger partial charge is 0.322 e. The van der Waals surface area contributed by atoms with Gasteiger partial charge in [0.1, 0.15) is 11.6 Å². The molecule has 25 heavy (non-hydrogen) atoms. The van der Waals surface area contributed by atoms with Crippen LogP contribution in [0.2, 0.25) is 0 Å². The first-order valence-corrected chi connectivity index (χ1v) is 8.80. The Hall–Kier alpha value is -2.41. The first kappa shape index (κ1) is 16.1. The first-order valence-electron chi connectivity index (χ1n) is 8.80. The van der Waals surface area contributed by atoms with E-state index in [1.165, 1.54) is 0 Å². The summed E-state index contributed by atoms with van der Waals surface area (Å²) in [7, 11) is 1.69. The number of urea groups is 1. The van der Waals surface area contributed by atoms with Crippen LogP contribution in [-0.4, -0.2) is 51.5 Å². The molecule has 0 spiro atoms. The van der Waals surface area contributed by atoms with Crippen molar-refractivity contribution < 1.29 is 9.53 Å². The van der Waals surface area contributed by atoms with E-state index in [4.69, 9.17) is 4.74 Å². The average molecular weight is 341 g/mol. The molecule has 2 aromatic rings. The molecule has 2 unspecified atom stereocenters. The van der Waals surface area contributed by atoms with Gasteiger partial charge in [0.25, 0.3) is 0 Å². The molecular weight excluding hydrogens is 318 g/mol. The number of para-hydroxylation sites is 1. The minimum Gasteiger partial charge on any atom is -0.384 e. The predicted octanol–water partition coefficient (Wildman–Crippen LogP) is 2.09. The second kappa shape index (κ2) is 6.84. The molecule has 2 aliphatic heterocycles. The highest BCUT2D eigenvalue weighted by atomic mass is 16.5. The van der Waals surface area contributed by atoms with Crippen LogP contribution in [0.15, 0.2) is 30.3 Å². The summed E-state index contributed by atoms with van der Waals surface area (Å²) in [4.78, 5) is 14.9. The van der Waals surface area contributed by atoms with Gasteiger partial charge in [-0.3, -0.25) is 0 Å². The average Bonchev–Trinajstić information content (AvgIpc) is 3.13. The summed E-state index contributed by atoms with van der Waals surface area (Å²) >= 11 is 0. The zero-order chi connectivity index (χ0) is 17.2. The number of methoxy groups -OCH3 is 1. The third kappa shape index (κ3) is 3.11. The SMILES string of the molecule is COCCc1nnc2n1CC1CCC(C2)N1C(=O)Nc1ccccc1. The van der Waals surface area contributed by atoms with Crippen LogP contribution in [0.25, 0.3) is 0 Å². The van der Waals surface area contributed by atoms with Crippen LogP contribution in [0.5, 0.6) is 0 Å². The van der Waals surface area contributed by atoms with Crippen LogP contribution in [0.3, 0.4) is 0 Å². The van der Waals surface area contributed by atoms with E-state index in [0.29, 0.717) is 6.61 Å². The second-order valence-electron chi connectivity index (χ2n) is 6.68. The van der Waals surface area contributed by atoms with Gasteiger partial charge < -0.3 is 19.5 Å². The lowest BCUT2D eigenvalue weighted by Crippen LogP contribution is -2.44. The summed E-state index contributed by atoms with van der Waals surface area (Å²) in [6, 6.07) is 9.98. The number of carbonyl (C=O) groups excluding carboxylic acids is 1. The predicted molar refractivity (Wildman–Crippen MR) is 93.4 cm³/mol. The standard InChI is InChI=1S/C18H23N5O2/c1-25-10-9-16-20-21-17-11-14-7-8-15(12-22(16)17)23(14)18(24)19-13-5-3-2-4-6-13/h2-6,14-15H,7-12H2,1H3,(H,19,24).